The summed E-state index contributed by atoms with van der Waals surface area (Å²) in [6.45, 7) is 0. The van der Waals surface area contributed by atoms with Gasteiger partial charge in [-0.05, 0) is 61.4 Å². The molecule has 2 atom stereocenters. The topological polar surface area (TPSA) is 42.4 Å². The number of aromatic nitrogens is 1. The molecule has 144 valence electrons. The molecular formula is C21H22F3NO2. The Morgan fingerprint density at radius 2 is 1.96 bits per heavy atom. The van der Waals surface area contributed by atoms with Gasteiger partial charge in [-0.2, -0.15) is 0 Å². The molecule has 1 heterocycles. The zero-order valence-corrected chi connectivity index (χ0v) is 14.9. The molecule has 1 aromatic heterocycles. The van der Waals surface area contributed by atoms with Gasteiger partial charge in [0.05, 0.1) is 6.10 Å². The lowest BCUT2D eigenvalue weighted by atomic mass is 9.57. The molecular weight excluding hydrogens is 355 g/mol. The van der Waals surface area contributed by atoms with E-state index in [-0.39, 0.29) is 11.7 Å². The van der Waals surface area contributed by atoms with Crippen molar-refractivity contribution in [2.45, 2.75) is 62.3 Å². The first-order chi connectivity index (χ1) is 12.9. The van der Waals surface area contributed by atoms with Crippen LogP contribution in [0.2, 0.25) is 0 Å². The average molecular weight is 377 g/mol. The third-order valence-electron chi connectivity index (χ3n) is 6.07. The fourth-order valence-electron chi connectivity index (χ4n) is 4.65. The van der Waals surface area contributed by atoms with E-state index in [1.54, 1.807) is 18.3 Å². The minimum atomic E-state index is -4.73. The molecule has 0 spiro atoms. The van der Waals surface area contributed by atoms with Gasteiger partial charge in [0.2, 0.25) is 0 Å². The first kappa shape index (κ1) is 18.3. The minimum absolute atomic E-state index is 0.0950. The number of benzene rings is 1. The number of hydrogen-bond donors (Lipinski definition) is 1. The highest BCUT2D eigenvalue weighted by molar-refractivity contribution is 5.39. The maximum atomic E-state index is 12.6. The number of ether oxygens (including phenoxy) is 1. The van der Waals surface area contributed by atoms with Gasteiger partial charge in [-0.3, -0.25) is 4.98 Å². The molecule has 2 aromatic rings. The molecule has 2 aliphatic carbocycles. The van der Waals surface area contributed by atoms with Gasteiger partial charge in [0, 0.05) is 23.2 Å². The van der Waals surface area contributed by atoms with Crippen molar-refractivity contribution in [3.63, 3.8) is 0 Å². The quantitative estimate of drug-likeness (QED) is 0.826. The van der Waals surface area contributed by atoms with Crippen LogP contribution in [0.1, 0.15) is 54.8 Å². The third kappa shape index (κ3) is 3.43. The van der Waals surface area contributed by atoms with E-state index in [1.165, 1.54) is 12.1 Å². The van der Waals surface area contributed by atoms with Gasteiger partial charge in [0.25, 0.3) is 0 Å². The molecule has 4 rings (SSSR count). The van der Waals surface area contributed by atoms with Crippen LogP contribution >= 0.6 is 0 Å². The molecule has 1 saturated carbocycles. The SMILES string of the molecule is OC(C1CCCc2cccnc21)C1(c2cccc(OC(F)(F)F)c2)CCC1. The lowest BCUT2D eigenvalue weighted by Gasteiger charge is -2.49. The summed E-state index contributed by atoms with van der Waals surface area (Å²) in [6.07, 6.45) is 1.56. The van der Waals surface area contributed by atoms with Crippen LogP contribution < -0.4 is 4.74 Å². The largest absolute Gasteiger partial charge is 0.573 e. The third-order valence-corrected chi connectivity index (χ3v) is 6.07. The van der Waals surface area contributed by atoms with Gasteiger partial charge < -0.3 is 9.84 Å². The van der Waals surface area contributed by atoms with Crippen molar-refractivity contribution in [3.8, 4) is 5.75 Å². The van der Waals surface area contributed by atoms with Gasteiger partial charge in [-0.1, -0.05) is 24.6 Å². The van der Waals surface area contributed by atoms with E-state index in [9.17, 15) is 18.3 Å². The Hall–Kier alpha value is -2.08. The predicted molar refractivity (Wildman–Crippen MR) is 94.6 cm³/mol. The van der Waals surface area contributed by atoms with Crippen LogP contribution in [0.4, 0.5) is 13.2 Å². The van der Waals surface area contributed by atoms with E-state index in [1.807, 2.05) is 12.1 Å². The summed E-state index contributed by atoms with van der Waals surface area (Å²) in [6, 6.07) is 10.0. The highest BCUT2D eigenvalue weighted by Crippen LogP contribution is 2.52. The van der Waals surface area contributed by atoms with E-state index in [2.05, 4.69) is 9.72 Å². The van der Waals surface area contributed by atoms with Crippen LogP contribution in [0.3, 0.4) is 0 Å². The maximum absolute atomic E-state index is 12.6. The van der Waals surface area contributed by atoms with Gasteiger partial charge in [-0.15, -0.1) is 13.2 Å². The molecule has 0 radical (unpaired) electrons. The molecule has 2 aliphatic rings. The zero-order chi connectivity index (χ0) is 19.1. The van der Waals surface area contributed by atoms with Crippen molar-refractivity contribution in [3.05, 3.63) is 59.4 Å². The van der Waals surface area contributed by atoms with Gasteiger partial charge >= 0.3 is 6.36 Å². The molecule has 0 bridgehead atoms. The minimum Gasteiger partial charge on any atom is -0.406 e. The van der Waals surface area contributed by atoms with E-state index >= 15 is 0 Å². The molecule has 1 aromatic carbocycles. The molecule has 0 aliphatic heterocycles. The summed E-state index contributed by atoms with van der Waals surface area (Å²) in [5, 5.41) is 11.4. The summed E-state index contributed by atoms with van der Waals surface area (Å²) in [5.74, 6) is -0.330. The summed E-state index contributed by atoms with van der Waals surface area (Å²) in [5.41, 5.74) is 2.27. The summed E-state index contributed by atoms with van der Waals surface area (Å²) in [7, 11) is 0. The second-order valence-corrected chi connectivity index (χ2v) is 7.58. The number of aliphatic hydroxyl groups excluding tert-OH is 1. The number of aliphatic hydroxyl groups is 1. The Bertz CT molecular complexity index is 817. The second-order valence-electron chi connectivity index (χ2n) is 7.58. The van der Waals surface area contributed by atoms with E-state index in [0.717, 1.165) is 49.8 Å². The highest BCUT2D eigenvalue weighted by atomic mass is 19.4. The second kappa shape index (κ2) is 6.82. The summed E-state index contributed by atoms with van der Waals surface area (Å²) in [4.78, 5) is 4.52. The molecule has 1 fully saturated rings. The predicted octanol–water partition coefficient (Wildman–Crippen LogP) is 4.88. The molecule has 6 heteroatoms. The highest BCUT2D eigenvalue weighted by Gasteiger charge is 2.49. The number of halogens is 3. The number of rotatable bonds is 4. The lowest BCUT2D eigenvalue weighted by molar-refractivity contribution is -0.274. The van der Waals surface area contributed by atoms with Crippen LogP contribution in [0.15, 0.2) is 42.6 Å². The molecule has 3 nitrogen and oxygen atoms in total. The Labute approximate surface area is 156 Å². The van der Waals surface area contributed by atoms with Crippen molar-refractivity contribution in [1.82, 2.24) is 4.98 Å². The van der Waals surface area contributed by atoms with Gasteiger partial charge in [-0.25, -0.2) is 0 Å². The van der Waals surface area contributed by atoms with E-state index < -0.39 is 17.9 Å². The normalized spacial score (nSPS) is 22.4. The molecule has 27 heavy (non-hydrogen) atoms. The number of fused-ring (bicyclic) bond motifs is 1. The van der Waals surface area contributed by atoms with Gasteiger partial charge in [0.15, 0.2) is 0 Å². The summed E-state index contributed by atoms with van der Waals surface area (Å²) >= 11 is 0. The Balaban J connectivity index is 1.67. The van der Waals surface area contributed by atoms with Gasteiger partial charge in [0.1, 0.15) is 5.75 Å². The fraction of sp³-hybridized carbons (Fsp3) is 0.476. The van der Waals surface area contributed by atoms with E-state index in [4.69, 9.17) is 0 Å². The van der Waals surface area contributed by atoms with Crippen molar-refractivity contribution in [1.29, 1.82) is 0 Å². The monoisotopic (exact) mass is 377 g/mol. The molecule has 0 amide bonds. The van der Waals surface area contributed by atoms with Crippen LogP contribution in [0, 0.1) is 0 Å². The number of pyridine rings is 1. The Morgan fingerprint density at radius 3 is 2.67 bits per heavy atom. The van der Waals surface area contributed by atoms with Crippen LogP contribution in [-0.4, -0.2) is 22.6 Å². The van der Waals surface area contributed by atoms with Crippen LogP contribution in [0.25, 0.3) is 0 Å². The summed E-state index contributed by atoms with van der Waals surface area (Å²) < 4.78 is 41.9. The Kier molecular flexibility index (Phi) is 4.62. The number of alkyl halides is 3. The van der Waals surface area contributed by atoms with Crippen molar-refractivity contribution >= 4 is 0 Å². The van der Waals surface area contributed by atoms with Crippen LogP contribution in [-0.2, 0) is 11.8 Å². The van der Waals surface area contributed by atoms with Crippen molar-refractivity contribution in [2.24, 2.45) is 0 Å². The van der Waals surface area contributed by atoms with Crippen molar-refractivity contribution in [2.75, 3.05) is 0 Å². The molecule has 2 unspecified atom stereocenters. The maximum Gasteiger partial charge on any atom is 0.573 e. The van der Waals surface area contributed by atoms with E-state index in [0.29, 0.717) is 5.56 Å². The molecule has 0 saturated heterocycles. The lowest BCUT2D eigenvalue weighted by Crippen LogP contribution is -2.49. The first-order valence-corrected chi connectivity index (χ1v) is 9.37. The average Bonchev–Trinajstić information content (AvgIpc) is 2.59. The molecule has 1 N–H and O–H groups in total. The smallest absolute Gasteiger partial charge is 0.406 e. The van der Waals surface area contributed by atoms with Crippen molar-refractivity contribution < 1.29 is 23.0 Å². The number of aryl methyl sites for hydroxylation is 1. The number of hydrogen-bond acceptors (Lipinski definition) is 3. The number of nitrogens with zero attached hydrogens (tertiary/aromatic N) is 1. The van der Waals surface area contributed by atoms with Crippen LogP contribution in [0.5, 0.6) is 5.75 Å². The first-order valence-electron chi connectivity index (χ1n) is 9.37. The fourth-order valence-corrected chi connectivity index (χ4v) is 4.65. The Morgan fingerprint density at radius 1 is 1.15 bits per heavy atom. The standard InChI is InChI=1S/C21H22F3NO2/c22-21(23,24)27-16-8-2-7-15(13-16)20(10-4-11-20)19(26)17-9-1-5-14-6-3-12-25-18(14)17/h2-3,6-8,12-13,17,19,26H,1,4-5,9-11H2. The zero-order valence-electron chi connectivity index (χ0n) is 14.9.